The minimum Gasteiger partial charge on any atom is -0.506 e. The summed E-state index contributed by atoms with van der Waals surface area (Å²) in [5.74, 6) is -1.22. The molecule has 150 valence electrons. The molecule has 6 nitrogen and oxygen atoms in total. The second kappa shape index (κ2) is 8.83. The summed E-state index contributed by atoms with van der Waals surface area (Å²) in [4.78, 5) is 17.0. The van der Waals surface area contributed by atoms with Crippen LogP contribution in [0.1, 0.15) is 12.5 Å². The maximum absolute atomic E-state index is 13.5. The van der Waals surface area contributed by atoms with E-state index < -0.39 is 11.8 Å². The number of thioether (sulfide) groups is 1. The summed E-state index contributed by atoms with van der Waals surface area (Å²) in [5.41, 5.74) is 0.844. The predicted octanol–water partition coefficient (Wildman–Crippen LogP) is 4.73. The van der Waals surface area contributed by atoms with Crippen LogP contribution in [0.15, 0.2) is 63.7 Å². The highest BCUT2D eigenvalue weighted by Gasteiger charge is 2.33. The molecule has 29 heavy (non-hydrogen) atoms. The Kier molecular flexibility index (Phi) is 6.23. The highest BCUT2D eigenvalue weighted by molar-refractivity contribution is 8.18. The lowest BCUT2D eigenvalue weighted by Crippen LogP contribution is -2.12. The van der Waals surface area contributed by atoms with Gasteiger partial charge in [-0.05, 0) is 48.9 Å². The van der Waals surface area contributed by atoms with Crippen molar-refractivity contribution in [3.63, 3.8) is 0 Å². The van der Waals surface area contributed by atoms with Crippen LogP contribution in [-0.2, 0) is 9.53 Å². The Morgan fingerprint density at radius 3 is 2.72 bits per heavy atom. The van der Waals surface area contributed by atoms with Gasteiger partial charge in [0.25, 0.3) is 0 Å². The monoisotopic (exact) mass is 415 g/mol. The lowest BCUT2D eigenvalue weighted by molar-refractivity contribution is -0.138. The Bertz CT molecular complexity index is 1050. The number of hydrogen-bond acceptors (Lipinski definition) is 7. The summed E-state index contributed by atoms with van der Waals surface area (Å²) in [6.07, 6.45) is 1.62. The third-order valence-electron chi connectivity index (χ3n) is 3.91. The number of ether oxygens (including phenoxy) is 2. The summed E-state index contributed by atoms with van der Waals surface area (Å²) >= 11 is 1.05. The fourth-order valence-electron chi connectivity index (χ4n) is 2.59. The Labute approximate surface area is 171 Å². The predicted molar refractivity (Wildman–Crippen MR) is 110 cm³/mol. The normalized spacial score (nSPS) is 16.5. The smallest absolute Gasteiger partial charge is 0.344 e. The lowest BCUT2D eigenvalue weighted by atomic mass is 10.1. The molecule has 0 amide bonds. The molecule has 2 aromatic rings. The minimum absolute atomic E-state index is 0.0194. The summed E-state index contributed by atoms with van der Waals surface area (Å²) in [6, 6.07) is 10.3. The van der Waals surface area contributed by atoms with E-state index in [1.807, 2.05) is 0 Å². The number of aliphatic imine (C=N–C) groups is 1. The lowest BCUT2D eigenvalue weighted by Gasteiger charge is -2.04. The topological polar surface area (TPSA) is 88.4 Å². The van der Waals surface area contributed by atoms with Crippen LogP contribution in [0.4, 0.5) is 10.1 Å². The first-order valence-corrected chi connectivity index (χ1v) is 9.46. The van der Waals surface area contributed by atoms with Gasteiger partial charge in [-0.2, -0.15) is 0 Å². The van der Waals surface area contributed by atoms with Gasteiger partial charge in [0.2, 0.25) is 0 Å². The second-order valence-electron chi connectivity index (χ2n) is 5.88. The van der Waals surface area contributed by atoms with Crippen LogP contribution in [0, 0.1) is 5.82 Å². The van der Waals surface area contributed by atoms with E-state index in [0.29, 0.717) is 16.2 Å². The van der Waals surface area contributed by atoms with Gasteiger partial charge in [-0.25, -0.2) is 14.2 Å². The van der Waals surface area contributed by atoms with Crippen LogP contribution in [-0.4, -0.2) is 34.9 Å². The number of halogens is 1. The van der Waals surface area contributed by atoms with Crippen LogP contribution >= 0.6 is 11.8 Å². The SMILES string of the molecule is CCOC(=O)C1=C(O)C(=Cc2ccc(O)c(OC)c2)SC1=Nc1cccc(F)c1. The minimum atomic E-state index is -0.723. The van der Waals surface area contributed by atoms with E-state index in [1.54, 1.807) is 31.2 Å². The van der Waals surface area contributed by atoms with Crippen LogP contribution < -0.4 is 4.74 Å². The average Bonchev–Trinajstić information content (AvgIpc) is 2.98. The van der Waals surface area contributed by atoms with Gasteiger partial charge in [0.05, 0.1) is 24.3 Å². The summed E-state index contributed by atoms with van der Waals surface area (Å²) in [6.45, 7) is 1.78. The molecule has 1 heterocycles. The van der Waals surface area contributed by atoms with Crippen molar-refractivity contribution in [2.75, 3.05) is 13.7 Å². The summed E-state index contributed by atoms with van der Waals surface area (Å²) in [7, 11) is 1.43. The Hall–Kier alpha value is -3.26. The molecule has 0 unspecified atom stereocenters. The van der Waals surface area contributed by atoms with Gasteiger partial charge < -0.3 is 19.7 Å². The van der Waals surface area contributed by atoms with E-state index in [0.717, 1.165) is 11.8 Å². The van der Waals surface area contributed by atoms with Crippen molar-refractivity contribution in [3.05, 3.63) is 70.1 Å². The fraction of sp³-hybridized carbons (Fsp3) is 0.143. The molecule has 0 saturated heterocycles. The largest absolute Gasteiger partial charge is 0.506 e. The standard InChI is InChI=1S/C21H18FNO5S/c1-3-28-21(26)18-19(25)17(10-12-7-8-15(24)16(9-12)27-2)29-20(18)23-14-6-4-5-13(22)11-14/h4-11,24-25H,3H2,1-2H3. The van der Waals surface area contributed by atoms with Crippen LogP contribution in [0.5, 0.6) is 11.5 Å². The number of methoxy groups -OCH3 is 1. The number of rotatable bonds is 5. The van der Waals surface area contributed by atoms with Gasteiger partial charge in [0, 0.05) is 0 Å². The van der Waals surface area contributed by atoms with Crippen molar-refractivity contribution in [1.29, 1.82) is 0 Å². The molecule has 1 aliphatic heterocycles. The van der Waals surface area contributed by atoms with Gasteiger partial charge in [0.1, 0.15) is 22.2 Å². The molecular formula is C21H18FNO5S. The molecule has 0 aromatic heterocycles. The van der Waals surface area contributed by atoms with E-state index >= 15 is 0 Å². The Balaban J connectivity index is 2.05. The number of nitrogens with zero attached hydrogens (tertiary/aromatic N) is 1. The molecule has 0 spiro atoms. The van der Waals surface area contributed by atoms with Crippen molar-refractivity contribution >= 4 is 34.5 Å². The van der Waals surface area contributed by atoms with Gasteiger partial charge in [-0.15, -0.1) is 0 Å². The Morgan fingerprint density at radius 2 is 2.03 bits per heavy atom. The second-order valence-corrected chi connectivity index (χ2v) is 6.91. The number of aromatic hydroxyl groups is 1. The third-order valence-corrected chi connectivity index (χ3v) is 4.93. The molecular weight excluding hydrogens is 397 g/mol. The molecule has 2 aromatic carbocycles. The molecule has 0 aliphatic carbocycles. The quantitative estimate of drug-likeness (QED) is 0.686. The number of aliphatic hydroxyl groups is 1. The van der Waals surface area contributed by atoms with Crippen molar-refractivity contribution in [1.82, 2.24) is 0 Å². The number of aliphatic hydroxyl groups excluding tert-OH is 1. The first-order chi connectivity index (χ1) is 13.9. The molecule has 0 atom stereocenters. The zero-order valence-electron chi connectivity index (χ0n) is 15.7. The van der Waals surface area contributed by atoms with Crippen molar-refractivity contribution < 1.29 is 28.9 Å². The molecule has 3 rings (SSSR count). The van der Waals surface area contributed by atoms with E-state index in [4.69, 9.17) is 9.47 Å². The van der Waals surface area contributed by atoms with Crippen LogP contribution in [0.2, 0.25) is 0 Å². The van der Waals surface area contributed by atoms with Gasteiger partial charge in [-0.3, -0.25) is 0 Å². The van der Waals surface area contributed by atoms with E-state index in [1.165, 1.54) is 31.4 Å². The average molecular weight is 415 g/mol. The van der Waals surface area contributed by atoms with Crippen LogP contribution in [0.3, 0.4) is 0 Å². The van der Waals surface area contributed by atoms with Crippen molar-refractivity contribution in [2.45, 2.75) is 6.92 Å². The van der Waals surface area contributed by atoms with E-state index in [2.05, 4.69) is 4.99 Å². The molecule has 0 saturated carbocycles. The van der Waals surface area contributed by atoms with E-state index in [9.17, 15) is 19.4 Å². The first-order valence-electron chi connectivity index (χ1n) is 8.64. The number of esters is 1. The first kappa shape index (κ1) is 20.5. The molecule has 0 bridgehead atoms. The number of phenolic OH excluding ortho intramolecular Hbond substituents is 1. The number of benzene rings is 2. The highest BCUT2D eigenvalue weighted by atomic mass is 32.2. The number of phenols is 1. The Morgan fingerprint density at radius 1 is 1.24 bits per heavy atom. The van der Waals surface area contributed by atoms with Gasteiger partial charge in [0.15, 0.2) is 11.5 Å². The number of hydrogen-bond donors (Lipinski definition) is 2. The third kappa shape index (κ3) is 4.60. The maximum Gasteiger partial charge on any atom is 0.344 e. The zero-order chi connectivity index (χ0) is 21.0. The van der Waals surface area contributed by atoms with Gasteiger partial charge >= 0.3 is 5.97 Å². The molecule has 8 heteroatoms. The highest BCUT2D eigenvalue weighted by Crippen LogP contribution is 2.41. The molecule has 2 N–H and O–H groups in total. The van der Waals surface area contributed by atoms with E-state index in [-0.39, 0.29) is 34.5 Å². The van der Waals surface area contributed by atoms with Crippen LogP contribution in [0.25, 0.3) is 6.08 Å². The van der Waals surface area contributed by atoms with Crippen molar-refractivity contribution in [3.8, 4) is 11.5 Å². The van der Waals surface area contributed by atoms with Crippen molar-refractivity contribution in [2.24, 2.45) is 4.99 Å². The summed E-state index contributed by atoms with van der Waals surface area (Å²) in [5, 5.41) is 20.6. The zero-order valence-corrected chi connectivity index (χ0v) is 16.5. The molecule has 0 fully saturated rings. The number of carbonyl (C=O) groups is 1. The number of carbonyl (C=O) groups excluding carboxylic acids is 1. The summed E-state index contributed by atoms with van der Waals surface area (Å²) < 4.78 is 23.6. The molecule has 0 radical (unpaired) electrons. The molecule has 1 aliphatic rings. The maximum atomic E-state index is 13.5. The van der Waals surface area contributed by atoms with Gasteiger partial charge in [-0.1, -0.05) is 23.9 Å². The fourth-order valence-corrected chi connectivity index (χ4v) is 3.63.